The van der Waals surface area contributed by atoms with Gasteiger partial charge in [-0.1, -0.05) is 0 Å². The zero-order chi connectivity index (χ0) is 5.15. The third kappa shape index (κ3) is 6.20. The van der Waals surface area contributed by atoms with E-state index in [0.717, 1.165) is 0 Å². The molecule has 1 radical (unpaired) electrons. The molecule has 0 aromatic heterocycles. The minimum atomic E-state index is -1.82. The van der Waals surface area contributed by atoms with Crippen molar-refractivity contribution in [1.82, 2.24) is 0 Å². The summed E-state index contributed by atoms with van der Waals surface area (Å²) in [5.74, 6) is -3.65. The Kier molecular flexibility index (Phi) is 6.38. The van der Waals surface area contributed by atoms with E-state index in [0.29, 0.717) is 0 Å². The molecule has 0 saturated heterocycles. The van der Waals surface area contributed by atoms with Crippen LogP contribution in [0.3, 0.4) is 0 Å². The van der Waals surface area contributed by atoms with Gasteiger partial charge in [-0.05, 0) is 0 Å². The average molecular weight is 255 g/mol. The van der Waals surface area contributed by atoms with E-state index in [9.17, 15) is 0 Å². The zero-order valence-electron chi connectivity index (χ0n) is 3.01. The van der Waals surface area contributed by atoms with Gasteiger partial charge in [-0.2, -0.15) is 0 Å². The second-order valence-corrected chi connectivity index (χ2v) is 0.610. The second-order valence-electron chi connectivity index (χ2n) is 0.610. The molecule has 0 amide bonds. The number of hydrogen-bond acceptors (Lipinski definition) is 2. The van der Waals surface area contributed by atoms with Crippen LogP contribution in [0.5, 0.6) is 0 Å². The minimum absolute atomic E-state index is 0. The van der Waals surface area contributed by atoms with Gasteiger partial charge in [0.1, 0.15) is 0 Å². The maximum Gasteiger partial charge on any atom is 0.414 e. The van der Waals surface area contributed by atoms with Gasteiger partial charge >= 0.3 is 11.9 Å². The monoisotopic (exact) mass is 255 g/mol. The Labute approximate surface area is 69.1 Å². The molecule has 5 heteroatoms. The molecule has 0 aromatic rings. The Hall–Kier alpha value is 0.200. The van der Waals surface area contributed by atoms with Crippen LogP contribution in [0.4, 0.5) is 0 Å². The molecule has 0 fully saturated rings. The van der Waals surface area contributed by atoms with Crippen molar-refractivity contribution in [1.29, 1.82) is 0 Å². The van der Waals surface area contributed by atoms with Crippen molar-refractivity contribution < 1.29 is 57.5 Å². The number of aliphatic carboxylic acids is 2. The topological polar surface area (TPSA) is 74.6 Å². The van der Waals surface area contributed by atoms with Gasteiger partial charge in [-0.3, -0.25) is 0 Å². The molecule has 45 valence electrons. The van der Waals surface area contributed by atoms with Gasteiger partial charge < -0.3 is 10.2 Å². The maximum absolute atomic E-state index is 9.10. The molecule has 0 atom stereocenters. The third-order valence-corrected chi connectivity index (χ3v) is 0.183. The van der Waals surface area contributed by atoms with Crippen molar-refractivity contribution in [3.63, 3.8) is 0 Å². The van der Waals surface area contributed by atoms with Gasteiger partial charge in [0.25, 0.3) is 0 Å². The quantitative estimate of drug-likeness (QED) is 0.437. The SMILES string of the molecule is O=C(O)C(=O)O.[Ho]. The number of carboxylic acids is 2. The van der Waals surface area contributed by atoms with E-state index in [1.54, 1.807) is 0 Å². The molecule has 0 aliphatic heterocycles. The summed E-state index contributed by atoms with van der Waals surface area (Å²) in [6.45, 7) is 0. The van der Waals surface area contributed by atoms with Gasteiger partial charge in [-0.25, -0.2) is 9.59 Å². The number of hydrogen-bond donors (Lipinski definition) is 2. The largest absolute Gasteiger partial charge is 0.473 e. The van der Waals surface area contributed by atoms with Crippen LogP contribution in [-0.2, 0) is 9.59 Å². The van der Waals surface area contributed by atoms with Crippen LogP contribution in [0, 0.1) is 37.7 Å². The smallest absolute Gasteiger partial charge is 0.414 e. The van der Waals surface area contributed by atoms with Gasteiger partial charge in [0.05, 0.1) is 0 Å². The van der Waals surface area contributed by atoms with E-state index >= 15 is 0 Å². The van der Waals surface area contributed by atoms with Crippen LogP contribution in [-0.4, -0.2) is 22.2 Å². The summed E-state index contributed by atoms with van der Waals surface area (Å²) in [4.78, 5) is 18.2. The molecule has 0 rings (SSSR count). The predicted molar refractivity (Wildman–Crippen MR) is 15.3 cm³/mol. The van der Waals surface area contributed by atoms with Crippen LogP contribution >= 0.6 is 0 Å². The van der Waals surface area contributed by atoms with Crippen LogP contribution in [0.15, 0.2) is 0 Å². The molecule has 4 nitrogen and oxygen atoms in total. The fraction of sp³-hybridized carbons (Fsp3) is 0. The molecule has 7 heavy (non-hydrogen) atoms. The molecule has 0 aliphatic carbocycles. The molecular weight excluding hydrogens is 253 g/mol. The van der Waals surface area contributed by atoms with Gasteiger partial charge in [0.2, 0.25) is 0 Å². The van der Waals surface area contributed by atoms with E-state index in [2.05, 4.69) is 0 Å². The molecule has 2 N–H and O–H groups in total. The van der Waals surface area contributed by atoms with Crippen LogP contribution in [0.25, 0.3) is 0 Å². The van der Waals surface area contributed by atoms with E-state index in [1.165, 1.54) is 0 Å². The van der Waals surface area contributed by atoms with E-state index < -0.39 is 11.9 Å². The second kappa shape index (κ2) is 4.36. The van der Waals surface area contributed by atoms with E-state index in [4.69, 9.17) is 19.8 Å². The Morgan fingerprint density at radius 3 is 1.14 bits per heavy atom. The van der Waals surface area contributed by atoms with E-state index in [-0.39, 0.29) is 37.7 Å². The third-order valence-electron chi connectivity index (χ3n) is 0.183. The molecular formula is C2H2HoO4. The number of carbonyl (C=O) groups is 2. The normalized spacial score (nSPS) is 6.29. The summed E-state index contributed by atoms with van der Waals surface area (Å²) in [6, 6.07) is 0. The first-order valence-corrected chi connectivity index (χ1v) is 1.11. The summed E-state index contributed by atoms with van der Waals surface area (Å²) in [7, 11) is 0. The number of rotatable bonds is 0. The Bertz CT molecular complexity index is 75.7. The average Bonchev–Trinajstić information content (AvgIpc) is 1.36. The predicted octanol–water partition coefficient (Wildman–Crippen LogP) is -0.844. The first kappa shape index (κ1) is 10.2. The van der Waals surface area contributed by atoms with Crippen LogP contribution in [0.1, 0.15) is 0 Å². The van der Waals surface area contributed by atoms with Crippen molar-refractivity contribution in [2.75, 3.05) is 0 Å². The molecule has 0 heterocycles. The van der Waals surface area contributed by atoms with E-state index in [1.807, 2.05) is 0 Å². The van der Waals surface area contributed by atoms with Crippen LogP contribution in [0.2, 0.25) is 0 Å². The first-order chi connectivity index (χ1) is 2.64. The van der Waals surface area contributed by atoms with Crippen molar-refractivity contribution in [2.45, 2.75) is 0 Å². The molecule has 0 aromatic carbocycles. The Morgan fingerprint density at radius 2 is 1.14 bits per heavy atom. The van der Waals surface area contributed by atoms with Crippen LogP contribution < -0.4 is 0 Å². The standard InChI is InChI=1S/C2H2O4.Ho/c3-1(4)2(5)6;/h(H,3,4)(H,5,6);. The fourth-order valence-electron chi connectivity index (χ4n) is 0. The molecule has 0 unspecified atom stereocenters. The maximum atomic E-state index is 9.10. The fourth-order valence-corrected chi connectivity index (χ4v) is 0. The molecule has 0 saturated carbocycles. The molecule has 0 spiro atoms. The summed E-state index contributed by atoms with van der Waals surface area (Å²) in [5.41, 5.74) is 0. The molecule has 0 bridgehead atoms. The number of carboxylic acid groups (broad SMARTS) is 2. The van der Waals surface area contributed by atoms with Crippen molar-refractivity contribution >= 4 is 11.9 Å². The summed E-state index contributed by atoms with van der Waals surface area (Å²) >= 11 is 0. The van der Waals surface area contributed by atoms with Gasteiger partial charge in [0, 0.05) is 37.7 Å². The van der Waals surface area contributed by atoms with Crippen molar-refractivity contribution in [2.24, 2.45) is 0 Å². The Balaban J connectivity index is 0. The van der Waals surface area contributed by atoms with Crippen molar-refractivity contribution in [3.05, 3.63) is 0 Å². The van der Waals surface area contributed by atoms with Crippen molar-refractivity contribution in [3.8, 4) is 0 Å². The minimum Gasteiger partial charge on any atom is -0.473 e. The zero-order valence-corrected chi connectivity index (χ0v) is 4.95. The summed E-state index contributed by atoms with van der Waals surface area (Å²) in [5, 5.41) is 14.8. The van der Waals surface area contributed by atoms with Gasteiger partial charge in [-0.15, -0.1) is 0 Å². The molecule has 0 aliphatic rings. The first-order valence-electron chi connectivity index (χ1n) is 1.11. The summed E-state index contributed by atoms with van der Waals surface area (Å²) < 4.78 is 0. The summed E-state index contributed by atoms with van der Waals surface area (Å²) in [6.07, 6.45) is 0. The van der Waals surface area contributed by atoms with Gasteiger partial charge in [0.15, 0.2) is 0 Å². The Morgan fingerprint density at radius 1 is 1.00 bits per heavy atom.